The van der Waals surface area contributed by atoms with Gasteiger partial charge in [-0.05, 0) is 24.3 Å². The first-order valence-electron chi connectivity index (χ1n) is 5.43. The maximum atomic E-state index is 13.3. The summed E-state index contributed by atoms with van der Waals surface area (Å²) in [5.41, 5.74) is 2.31. The quantitative estimate of drug-likeness (QED) is 0.447. The summed E-state index contributed by atoms with van der Waals surface area (Å²) in [5, 5.41) is -0.581. The number of hydrogen-bond acceptors (Lipinski definition) is 5. The Balaban J connectivity index is 2.32. The highest BCUT2D eigenvalue weighted by atomic mass is 35.5. The van der Waals surface area contributed by atoms with Crippen molar-refractivity contribution in [1.82, 2.24) is 4.98 Å². The van der Waals surface area contributed by atoms with Gasteiger partial charge in [-0.25, -0.2) is 23.6 Å². The average molecular weight is 351 g/mol. The van der Waals surface area contributed by atoms with E-state index in [1.54, 1.807) is 0 Å². The first-order valence-corrected chi connectivity index (χ1v) is 7.67. The van der Waals surface area contributed by atoms with Crippen LogP contribution in [0.2, 0.25) is 10.0 Å². The molecule has 0 atom stereocenters. The number of halogens is 3. The minimum atomic E-state index is -3.91. The number of nitrogens with one attached hydrogen (secondary N) is 2. The Morgan fingerprint density at radius 2 is 1.81 bits per heavy atom. The number of hydrazine groups is 1. The number of hydrogen-bond donors (Lipinski definition) is 3. The SMILES string of the molecule is NNc1ccc(S(=O)(=O)Nc2cc(Cl)c(F)c(Cl)c2)cn1. The summed E-state index contributed by atoms with van der Waals surface area (Å²) >= 11 is 11.2. The number of anilines is 2. The van der Waals surface area contributed by atoms with Gasteiger partial charge in [-0.1, -0.05) is 23.2 Å². The summed E-state index contributed by atoms with van der Waals surface area (Å²) in [5.74, 6) is 4.63. The molecule has 1 aromatic carbocycles. The monoisotopic (exact) mass is 350 g/mol. The molecule has 1 aromatic heterocycles. The van der Waals surface area contributed by atoms with Crippen molar-refractivity contribution in [2.24, 2.45) is 5.84 Å². The van der Waals surface area contributed by atoms with Crippen LogP contribution in [-0.2, 0) is 10.0 Å². The van der Waals surface area contributed by atoms with Gasteiger partial charge in [-0.3, -0.25) is 4.72 Å². The van der Waals surface area contributed by atoms with Gasteiger partial charge in [0.1, 0.15) is 10.7 Å². The lowest BCUT2D eigenvalue weighted by molar-refractivity contribution is 0.600. The van der Waals surface area contributed by atoms with Gasteiger partial charge < -0.3 is 5.43 Å². The van der Waals surface area contributed by atoms with Gasteiger partial charge in [0.25, 0.3) is 10.0 Å². The number of benzene rings is 1. The maximum absolute atomic E-state index is 13.3. The molecule has 2 rings (SSSR count). The molecule has 0 saturated carbocycles. The zero-order chi connectivity index (χ0) is 15.6. The van der Waals surface area contributed by atoms with E-state index in [1.165, 1.54) is 12.1 Å². The average Bonchev–Trinajstić information content (AvgIpc) is 2.44. The Morgan fingerprint density at radius 1 is 1.19 bits per heavy atom. The van der Waals surface area contributed by atoms with E-state index in [0.29, 0.717) is 5.82 Å². The van der Waals surface area contributed by atoms with Gasteiger partial charge >= 0.3 is 0 Å². The van der Waals surface area contributed by atoms with Crippen LogP contribution in [0.15, 0.2) is 35.4 Å². The number of pyridine rings is 1. The highest BCUT2D eigenvalue weighted by Gasteiger charge is 2.16. The van der Waals surface area contributed by atoms with E-state index in [2.05, 4.69) is 15.1 Å². The van der Waals surface area contributed by atoms with Crippen molar-refractivity contribution in [3.8, 4) is 0 Å². The summed E-state index contributed by atoms with van der Waals surface area (Å²) in [7, 11) is -3.91. The molecule has 1 heterocycles. The van der Waals surface area contributed by atoms with Gasteiger partial charge in [0.2, 0.25) is 0 Å². The third kappa shape index (κ3) is 3.53. The molecule has 4 N–H and O–H groups in total. The number of nitrogen functional groups attached to an aromatic ring is 1. The minimum Gasteiger partial charge on any atom is -0.308 e. The standard InChI is InChI=1S/C11H9Cl2FN4O2S/c12-8-3-6(4-9(13)11(8)14)18-21(19,20)7-1-2-10(17-15)16-5-7/h1-5,18H,15H2,(H,16,17). The van der Waals surface area contributed by atoms with Crippen molar-refractivity contribution in [2.45, 2.75) is 4.90 Å². The first kappa shape index (κ1) is 15.8. The topological polar surface area (TPSA) is 97.1 Å². The predicted octanol–water partition coefficient (Wildman–Crippen LogP) is 2.61. The van der Waals surface area contributed by atoms with Crippen LogP contribution in [0, 0.1) is 5.82 Å². The van der Waals surface area contributed by atoms with Crippen LogP contribution < -0.4 is 16.0 Å². The lowest BCUT2D eigenvalue weighted by atomic mass is 10.3. The predicted molar refractivity (Wildman–Crippen MR) is 79.3 cm³/mol. The highest BCUT2D eigenvalue weighted by Crippen LogP contribution is 2.28. The Bertz CT molecular complexity index is 745. The van der Waals surface area contributed by atoms with Gasteiger partial charge in [-0.2, -0.15) is 0 Å². The van der Waals surface area contributed by atoms with Crippen LogP contribution in [0.5, 0.6) is 0 Å². The van der Waals surface area contributed by atoms with Crippen LogP contribution in [0.3, 0.4) is 0 Å². The summed E-state index contributed by atoms with van der Waals surface area (Å²) in [4.78, 5) is 3.69. The Kier molecular flexibility index (Phi) is 4.52. The molecule has 0 radical (unpaired) electrons. The molecule has 21 heavy (non-hydrogen) atoms. The van der Waals surface area contributed by atoms with E-state index in [1.807, 2.05) is 0 Å². The molecule has 0 unspecified atom stereocenters. The lowest BCUT2D eigenvalue weighted by Gasteiger charge is -2.09. The molecule has 112 valence electrons. The molecule has 0 amide bonds. The molecule has 0 fully saturated rings. The van der Waals surface area contributed by atoms with Gasteiger partial charge in [0, 0.05) is 6.20 Å². The molecular formula is C11H9Cl2FN4O2S. The number of aromatic nitrogens is 1. The second kappa shape index (κ2) is 6.02. The van der Waals surface area contributed by atoms with Crippen molar-refractivity contribution in [3.63, 3.8) is 0 Å². The number of nitrogens with zero attached hydrogens (tertiary/aromatic N) is 1. The fraction of sp³-hybridized carbons (Fsp3) is 0. The Morgan fingerprint density at radius 3 is 2.29 bits per heavy atom. The van der Waals surface area contributed by atoms with E-state index in [0.717, 1.165) is 18.3 Å². The molecule has 0 aliphatic rings. The molecule has 0 spiro atoms. The third-order valence-corrected chi connectivity index (χ3v) is 4.35. The van der Waals surface area contributed by atoms with Crippen LogP contribution in [0.1, 0.15) is 0 Å². The molecule has 2 aromatic rings. The smallest absolute Gasteiger partial charge is 0.263 e. The highest BCUT2D eigenvalue weighted by molar-refractivity contribution is 7.92. The number of nitrogens with two attached hydrogens (primary N) is 1. The van der Waals surface area contributed by atoms with Crippen molar-refractivity contribution in [3.05, 3.63) is 46.3 Å². The fourth-order valence-corrected chi connectivity index (χ4v) is 2.92. The van der Waals surface area contributed by atoms with Crippen molar-refractivity contribution in [1.29, 1.82) is 0 Å². The van der Waals surface area contributed by atoms with Gasteiger partial charge in [0.05, 0.1) is 15.7 Å². The lowest BCUT2D eigenvalue weighted by Crippen LogP contribution is -2.14. The summed E-state index contributed by atoms with van der Waals surface area (Å²) in [6.07, 6.45) is 1.12. The number of rotatable bonds is 4. The van der Waals surface area contributed by atoms with E-state index >= 15 is 0 Å². The van der Waals surface area contributed by atoms with Crippen LogP contribution >= 0.6 is 23.2 Å². The Hall–Kier alpha value is -1.61. The molecule has 0 bridgehead atoms. The molecule has 10 heteroatoms. The van der Waals surface area contributed by atoms with Crippen molar-refractivity contribution in [2.75, 3.05) is 10.1 Å². The second-order valence-corrected chi connectivity index (χ2v) is 6.38. The summed E-state index contributed by atoms with van der Waals surface area (Å²) in [6.45, 7) is 0. The maximum Gasteiger partial charge on any atom is 0.263 e. The zero-order valence-corrected chi connectivity index (χ0v) is 12.6. The second-order valence-electron chi connectivity index (χ2n) is 3.88. The van der Waals surface area contributed by atoms with E-state index in [-0.39, 0.29) is 20.6 Å². The van der Waals surface area contributed by atoms with E-state index in [9.17, 15) is 12.8 Å². The fourth-order valence-electron chi connectivity index (χ4n) is 1.45. The van der Waals surface area contributed by atoms with E-state index < -0.39 is 15.8 Å². The molecule has 0 aliphatic carbocycles. The molecular weight excluding hydrogens is 342 g/mol. The normalized spacial score (nSPS) is 11.2. The van der Waals surface area contributed by atoms with Crippen molar-refractivity contribution < 1.29 is 12.8 Å². The van der Waals surface area contributed by atoms with E-state index in [4.69, 9.17) is 29.0 Å². The summed E-state index contributed by atoms with van der Waals surface area (Å²) in [6, 6.07) is 4.92. The minimum absolute atomic E-state index is 0.0347. The van der Waals surface area contributed by atoms with Crippen molar-refractivity contribution >= 4 is 44.7 Å². The Labute approximate surface area is 130 Å². The molecule has 6 nitrogen and oxygen atoms in total. The van der Waals surface area contributed by atoms with Gasteiger partial charge in [0.15, 0.2) is 5.82 Å². The molecule has 0 saturated heterocycles. The first-order chi connectivity index (χ1) is 9.83. The molecule has 0 aliphatic heterocycles. The van der Waals surface area contributed by atoms with Gasteiger partial charge in [-0.15, -0.1) is 0 Å². The number of sulfonamides is 1. The van der Waals surface area contributed by atoms with Crippen LogP contribution in [0.25, 0.3) is 0 Å². The van der Waals surface area contributed by atoms with Crippen LogP contribution in [-0.4, -0.2) is 13.4 Å². The largest absolute Gasteiger partial charge is 0.308 e. The van der Waals surface area contributed by atoms with Crippen LogP contribution in [0.4, 0.5) is 15.9 Å². The zero-order valence-electron chi connectivity index (χ0n) is 10.3. The summed E-state index contributed by atoms with van der Waals surface area (Å²) < 4.78 is 39.8. The third-order valence-electron chi connectivity index (χ3n) is 2.43.